The number of hydrogen-bond acceptors (Lipinski definition) is 2. The Bertz CT molecular complexity index is 654. The molecule has 0 aliphatic carbocycles. The predicted octanol–water partition coefficient (Wildman–Crippen LogP) is 3.85. The van der Waals surface area contributed by atoms with Gasteiger partial charge < -0.3 is 10.2 Å². The van der Waals surface area contributed by atoms with Crippen molar-refractivity contribution in [3.05, 3.63) is 65.2 Å². The average Bonchev–Trinajstić information content (AvgIpc) is 2.56. The molecule has 0 spiro atoms. The molecule has 5 heteroatoms. The van der Waals surface area contributed by atoms with Gasteiger partial charge in [-0.3, -0.25) is 4.90 Å². The minimum atomic E-state index is 0.800. The van der Waals surface area contributed by atoms with Gasteiger partial charge in [0.15, 0.2) is 5.11 Å². The van der Waals surface area contributed by atoms with Gasteiger partial charge in [-0.2, -0.15) is 0 Å². The molecular weight excluding hydrogens is 326 g/mol. The van der Waals surface area contributed by atoms with Crippen molar-refractivity contribution in [1.82, 2.24) is 9.80 Å². The molecule has 3 rings (SSSR count). The van der Waals surface area contributed by atoms with Crippen LogP contribution in [0.1, 0.15) is 5.56 Å². The maximum absolute atomic E-state index is 6.05. The fraction of sp³-hybridized carbons (Fsp3) is 0.278. The molecule has 2 aromatic carbocycles. The summed E-state index contributed by atoms with van der Waals surface area (Å²) in [5.41, 5.74) is 2.30. The highest BCUT2D eigenvalue weighted by Gasteiger charge is 2.19. The molecule has 1 N–H and O–H groups in total. The molecule has 23 heavy (non-hydrogen) atoms. The second-order valence-electron chi connectivity index (χ2n) is 5.69. The van der Waals surface area contributed by atoms with Gasteiger partial charge in [-0.05, 0) is 42.0 Å². The third-order valence-corrected chi connectivity index (χ3v) is 4.58. The van der Waals surface area contributed by atoms with Crippen molar-refractivity contribution in [3.8, 4) is 0 Å². The summed E-state index contributed by atoms with van der Waals surface area (Å²) in [7, 11) is 0. The van der Waals surface area contributed by atoms with Crippen LogP contribution in [0.2, 0.25) is 5.02 Å². The van der Waals surface area contributed by atoms with Crippen LogP contribution in [0.15, 0.2) is 54.6 Å². The average molecular weight is 346 g/mol. The van der Waals surface area contributed by atoms with Crippen LogP contribution in [-0.2, 0) is 6.54 Å². The van der Waals surface area contributed by atoms with Crippen molar-refractivity contribution in [1.29, 1.82) is 0 Å². The number of thiocarbonyl (C=S) groups is 1. The predicted molar refractivity (Wildman–Crippen MR) is 101 cm³/mol. The van der Waals surface area contributed by atoms with E-state index in [0.717, 1.165) is 48.5 Å². The molecule has 2 aromatic rings. The van der Waals surface area contributed by atoms with Crippen LogP contribution in [0.4, 0.5) is 5.69 Å². The van der Waals surface area contributed by atoms with Crippen LogP contribution in [0.5, 0.6) is 0 Å². The first kappa shape index (κ1) is 16.2. The summed E-state index contributed by atoms with van der Waals surface area (Å²) < 4.78 is 0. The Labute approximate surface area is 147 Å². The van der Waals surface area contributed by atoms with Crippen LogP contribution in [0.25, 0.3) is 0 Å². The summed E-state index contributed by atoms with van der Waals surface area (Å²) >= 11 is 11.6. The molecule has 120 valence electrons. The Balaban J connectivity index is 1.49. The maximum atomic E-state index is 6.05. The largest absolute Gasteiger partial charge is 0.346 e. The molecule has 1 heterocycles. The summed E-state index contributed by atoms with van der Waals surface area (Å²) in [6, 6.07) is 18.2. The lowest BCUT2D eigenvalue weighted by Gasteiger charge is -2.36. The fourth-order valence-electron chi connectivity index (χ4n) is 2.73. The van der Waals surface area contributed by atoms with Crippen LogP contribution in [-0.4, -0.2) is 41.1 Å². The van der Waals surface area contributed by atoms with Gasteiger partial charge >= 0.3 is 0 Å². The molecule has 0 amide bonds. The summed E-state index contributed by atoms with van der Waals surface area (Å²) in [6.45, 7) is 4.83. The van der Waals surface area contributed by atoms with E-state index in [2.05, 4.69) is 21.2 Å². The summed E-state index contributed by atoms with van der Waals surface area (Å²) in [4.78, 5) is 4.67. The molecule has 1 aliphatic rings. The molecule has 1 aliphatic heterocycles. The first-order chi connectivity index (χ1) is 11.2. The van der Waals surface area contributed by atoms with E-state index < -0.39 is 0 Å². The van der Waals surface area contributed by atoms with Gasteiger partial charge in [-0.1, -0.05) is 41.9 Å². The second kappa shape index (κ2) is 7.77. The highest BCUT2D eigenvalue weighted by Crippen LogP contribution is 2.14. The molecular formula is C18H20ClN3S. The summed E-state index contributed by atoms with van der Waals surface area (Å²) in [6.07, 6.45) is 0. The molecule has 0 radical (unpaired) electrons. The third-order valence-electron chi connectivity index (χ3n) is 3.98. The number of piperazine rings is 1. The Morgan fingerprint density at radius 1 is 1.00 bits per heavy atom. The number of nitrogens with one attached hydrogen (secondary N) is 1. The maximum Gasteiger partial charge on any atom is 0.173 e. The van der Waals surface area contributed by atoms with Gasteiger partial charge in [-0.25, -0.2) is 0 Å². The van der Waals surface area contributed by atoms with Crippen molar-refractivity contribution in [2.45, 2.75) is 6.54 Å². The first-order valence-electron chi connectivity index (χ1n) is 7.78. The summed E-state index contributed by atoms with van der Waals surface area (Å²) in [5, 5.41) is 4.91. The topological polar surface area (TPSA) is 18.5 Å². The zero-order valence-corrected chi connectivity index (χ0v) is 14.5. The Hall–Kier alpha value is -1.62. The number of nitrogens with zero attached hydrogens (tertiary/aromatic N) is 2. The van der Waals surface area contributed by atoms with Gasteiger partial charge in [0.1, 0.15) is 0 Å². The van der Waals surface area contributed by atoms with Gasteiger partial charge in [0.05, 0.1) is 0 Å². The van der Waals surface area contributed by atoms with Crippen molar-refractivity contribution in [3.63, 3.8) is 0 Å². The van der Waals surface area contributed by atoms with E-state index in [1.165, 1.54) is 5.56 Å². The third kappa shape index (κ3) is 4.67. The number of halogens is 1. The fourth-order valence-corrected chi connectivity index (χ4v) is 3.24. The SMILES string of the molecule is S=C(Nc1ccccc1)N1CCN(Cc2cccc(Cl)c2)CC1. The van der Waals surface area contributed by atoms with E-state index in [0.29, 0.717) is 0 Å². The van der Waals surface area contributed by atoms with Crippen molar-refractivity contribution in [2.75, 3.05) is 31.5 Å². The highest BCUT2D eigenvalue weighted by molar-refractivity contribution is 7.80. The van der Waals surface area contributed by atoms with Crippen molar-refractivity contribution < 1.29 is 0 Å². The van der Waals surface area contributed by atoms with Crippen LogP contribution < -0.4 is 5.32 Å². The van der Waals surface area contributed by atoms with E-state index in [1.807, 2.05) is 48.5 Å². The van der Waals surface area contributed by atoms with E-state index in [-0.39, 0.29) is 0 Å². The normalized spacial score (nSPS) is 15.4. The number of anilines is 1. The van der Waals surface area contributed by atoms with E-state index in [4.69, 9.17) is 23.8 Å². The smallest absolute Gasteiger partial charge is 0.173 e. The first-order valence-corrected chi connectivity index (χ1v) is 8.57. The van der Waals surface area contributed by atoms with Crippen LogP contribution >= 0.6 is 23.8 Å². The molecule has 0 saturated carbocycles. The van der Waals surface area contributed by atoms with Gasteiger partial charge in [-0.15, -0.1) is 0 Å². The Morgan fingerprint density at radius 3 is 2.43 bits per heavy atom. The number of hydrogen-bond donors (Lipinski definition) is 1. The van der Waals surface area contributed by atoms with Gasteiger partial charge in [0.2, 0.25) is 0 Å². The lowest BCUT2D eigenvalue weighted by Crippen LogP contribution is -2.49. The highest BCUT2D eigenvalue weighted by atomic mass is 35.5. The molecule has 3 nitrogen and oxygen atoms in total. The zero-order chi connectivity index (χ0) is 16.1. The molecule has 0 atom stereocenters. The number of para-hydroxylation sites is 1. The standard InChI is InChI=1S/C18H20ClN3S/c19-16-6-4-5-15(13-16)14-21-9-11-22(12-10-21)18(23)20-17-7-2-1-3-8-17/h1-8,13H,9-12,14H2,(H,20,23). The Kier molecular flexibility index (Phi) is 5.49. The molecule has 0 bridgehead atoms. The number of rotatable bonds is 3. The molecule has 0 aromatic heterocycles. The Morgan fingerprint density at radius 2 is 1.74 bits per heavy atom. The van der Waals surface area contributed by atoms with Gasteiger partial charge in [0.25, 0.3) is 0 Å². The molecule has 0 unspecified atom stereocenters. The number of benzene rings is 2. The van der Waals surface area contributed by atoms with Crippen LogP contribution in [0, 0.1) is 0 Å². The van der Waals surface area contributed by atoms with Crippen LogP contribution in [0.3, 0.4) is 0 Å². The molecule has 1 saturated heterocycles. The minimum absolute atomic E-state index is 0.800. The van der Waals surface area contributed by atoms with Crippen molar-refractivity contribution >= 4 is 34.6 Å². The van der Waals surface area contributed by atoms with E-state index in [1.54, 1.807) is 0 Å². The quantitative estimate of drug-likeness (QED) is 0.851. The second-order valence-corrected chi connectivity index (χ2v) is 6.51. The zero-order valence-electron chi connectivity index (χ0n) is 12.9. The minimum Gasteiger partial charge on any atom is -0.346 e. The molecule has 1 fully saturated rings. The lowest BCUT2D eigenvalue weighted by atomic mass is 10.2. The van der Waals surface area contributed by atoms with Gasteiger partial charge in [0, 0.05) is 43.4 Å². The van der Waals surface area contributed by atoms with E-state index >= 15 is 0 Å². The van der Waals surface area contributed by atoms with Crippen molar-refractivity contribution in [2.24, 2.45) is 0 Å². The monoisotopic (exact) mass is 345 g/mol. The summed E-state index contributed by atoms with van der Waals surface area (Å²) in [5.74, 6) is 0. The van der Waals surface area contributed by atoms with E-state index in [9.17, 15) is 0 Å². The lowest BCUT2D eigenvalue weighted by molar-refractivity contribution is 0.177.